The summed E-state index contributed by atoms with van der Waals surface area (Å²) in [5.74, 6) is 0.531. The average molecular weight is 354 g/mol. The maximum absolute atomic E-state index is 13.0. The van der Waals surface area contributed by atoms with E-state index in [4.69, 9.17) is 0 Å². The first-order valence-corrected chi connectivity index (χ1v) is 8.65. The van der Waals surface area contributed by atoms with E-state index in [1.807, 2.05) is 91.0 Å². The van der Waals surface area contributed by atoms with Crippen LogP contribution in [-0.2, 0) is 0 Å². The van der Waals surface area contributed by atoms with E-state index in [9.17, 15) is 4.79 Å². The normalized spacial score (nSPS) is 10.6. The lowest BCUT2D eigenvalue weighted by atomic mass is 10.2. The lowest BCUT2D eigenvalue weighted by molar-refractivity contribution is 0.0983. The molecule has 5 heteroatoms. The van der Waals surface area contributed by atoms with Crippen molar-refractivity contribution in [2.24, 2.45) is 0 Å². The second kappa shape index (κ2) is 7.25. The number of anilines is 1. The van der Waals surface area contributed by atoms with Gasteiger partial charge in [0.1, 0.15) is 0 Å². The maximum Gasteiger partial charge on any atom is 0.297 e. The second-order valence-electron chi connectivity index (χ2n) is 6.07. The van der Waals surface area contributed by atoms with Gasteiger partial charge in [-0.15, -0.1) is 5.10 Å². The first-order chi connectivity index (χ1) is 13.2. The summed E-state index contributed by atoms with van der Waals surface area (Å²) in [5.41, 5.74) is 2.54. The molecule has 0 aliphatic carbocycles. The Balaban J connectivity index is 1.79. The highest BCUT2D eigenvalue weighted by Gasteiger charge is 2.22. The first kappa shape index (κ1) is 16.7. The van der Waals surface area contributed by atoms with E-state index in [-0.39, 0.29) is 11.7 Å². The molecule has 27 heavy (non-hydrogen) atoms. The van der Waals surface area contributed by atoms with Gasteiger partial charge in [-0.1, -0.05) is 66.7 Å². The van der Waals surface area contributed by atoms with Gasteiger partial charge in [0.25, 0.3) is 5.91 Å². The summed E-state index contributed by atoms with van der Waals surface area (Å²) in [5, 5.41) is 4.52. The number of carbonyl (C=O) groups is 1. The Morgan fingerprint density at radius 2 is 1.37 bits per heavy atom. The molecule has 0 spiro atoms. The number of aromatic nitrogens is 3. The highest BCUT2D eigenvalue weighted by atomic mass is 16.2. The van der Waals surface area contributed by atoms with Crippen molar-refractivity contribution in [3.63, 3.8) is 0 Å². The molecule has 0 aliphatic rings. The van der Waals surface area contributed by atoms with Crippen LogP contribution in [-0.4, -0.2) is 27.7 Å². The molecule has 3 aromatic carbocycles. The number of para-hydroxylation sites is 2. The Bertz CT molecular complexity index is 987. The number of carbonyl (C=O) groups excluding carboxylic acids is 1. The lowest BCUT2D eigenvalue weighted by Gasteiger charge is -2.14. The third-order valence-electron chi connectivity index (χ3n) is 4.28. The summed E-state index contributed by atoms with van der Waals surface area (Å²) < 4.78 is 1.71. The zero-order valence-corrected chi connectivity index (χ0v) is 14.9. The van der Waals surface area contributed by atoms with Crippen LogP contribution in [0.3, 0.4) is 0 Å². The molecule has 0 saturated carbocycles. The maximum atomic E-state index is 13.0. The molecule has 0 radical (unpaired) electrons. The predicted molar refractivity (Wildman–Crippen MR) is 106 cm³/mol. The molecule has 4 aromatic rings. The van der Waals surface area contributed by atoms with Gasteiger partial charge in [-0.25, -0.2) is 9.67 Å². The number of benzene rings is 3. The van der Waals surface area contributed by atoms with Gasteiger partial charge in [-0.05, 0) is 24.3 Å². The molecule has 0 saturated heterocycles. The van der Waals surface area contributed by atoms with E-state index in [0.717, 1.165) is 16.9 Å². The Labute approximate surface area is 157 Å². The van der Waals surface area contributed by atoms with Gasteiger partial charge in [-0.3, -0.25) is 4.79 Å². The standard InChI is InChI=1S/C22H18N4O/c1-25(18-13-7-3-8-14-18)22(27)20-23-21(17-11-5-2-6-12-17)26(24-20)19-15-9-4-10-16-19/h2-16H,1H3. The first-order valence-electron chi connectivity index (χ1n) is 8.65. The highest BCUT2D eigenvalue weighted by Crippen LogP contribution is 2.22. The monoisotopic (exact) mass is 354 g/mol. The van der Waals surface area contributed by atoms with Crippen molar-refractivity contribution in [2.45, 2.75) is 0 Å². The van der Waals surface area contributed by atoms with E-state index in [1.54, 1.807) is 16.6 Å². The number of rotatable bonds is 4. The van der Waals surface area contributed by atoms with Crippen LogP contribution in [0.15, 0.2) is 91.0 Å². The van der Waals surface area contributed by atoms with E-state index < -0.39 is 0 Å². The molecule has 4 rings (SSSR count). The molecule has 0 bridgehead atoms. The quantitative estimate of drug-likeness (QED) is 0.552. The van der Waals surface area contributed by atoms with Crippen molar-refractivity contribution in [1.82, 2.24) is 14.8 Å². The second-order valence-corrected chi connectivity index (χ2v) is 6.07. The van der Waals surface area contributed by atoms with E-state index in [0.29, 0.717) is 5.82 Å². The number of hydrogen-bond acceptors (Lipinski definition) is 3. The zero-order valence-electron chi connectivity index (χ0n) is 14.9. The van der Waals surface area contributed by atoms with Crippen LogP contribution in [0.25, 0.3) is 17.1 Å². The van der Waals surface area contributed by atoms with Crippen LogP contribution < -0.4 is 4.90 Å². The van der Waals surface area contributed by atoms with Gasteiger partial charge in [-0.2, -0.15) is 0 Å². The van der Waals surface area contributed by atoms with Gasteiger partial charge < -0.3 is 4.90 Å². The van der Waals surface area contributed by atoms with Crippen molar-refractivity contribution < 1.29 is 4.79 Å². The minimum absolute atomic E-state index is 0.157. The molecule has 0 unspecified atom stereocenters. The summed E-state index contributed by atoms with van der Waals surface area (Å²) in [6.45, 7) is 0. The summed E-state index contributed by atoms with van der Waals surface area (Å²) in [7, 11) is 1.73. The SMILES string of the molecule is CN(C(=O)c1nc(-c2ccccc2)n(-c2ccccc2)n1)c1ccccc1. The van der Waals surface area contributed by atoms with Crippen molar-refractivity contribution in [1.29, 1.82) is 0 Å². The Kier molecular flexibility index (Phi) is 4.49. The van der Waals surface area contributed by atoms with E-state index >= 15 is 0 Å². The van der Waals surface area contributed by atoms with Crippen LogP contribution >= 0.6 is 0 Å². The molecule has 0 atom stereocenters. The largest absolute Gasteiger partial charge is 0.309 e. The van der Waals surface area contributed by atoms with Crippen LogP contribution in [0.5, 0.6) is 0 Å². The minimum Gasteiger partial charge on any atom is -0.309 e. The van der Waals surface area contributed by atoms with Gasteiger partial charge in [0, 0.05) is 18.3 Å². The fourth-order valence-corrected chi connectivity index (χ4v) is 2.84. The van der Waals surface area contributed by atoms with E-state index in [1.165, 1.54) is 0 Å². The molecule has 1 heterocycles. The molecule has 1 amide bonds. The summed E-state index contributed by atoms with van der Waals surface area (Å²) in [6.07, 6.45) is 0. The molecule has 0 N–H and O–H groups in total. The third kappa shape index (κ3) is 3.35. The molecule has 0 aliphatic heterocycles. The van der Waals surface area contributed by atoms with Crippen molar-refractivity contribution in [3.05, 3.63) is 96.8 Å². The molecular formula is C22H18N4O. The average Bonchev–Trinajstić information content (AvgIpc) is 3.20. The number of amides is 1. The molecule has 1 aromatic heterocycles. The summed E-state index contributed by atoms with van der Waals surface area (Å²) in [6, 6.07) is 28.9. The Hall–Kier alpha value is -3.73. The van der Waals surface area contributed by atoms with Crippen LogP contribution in [0.2, 0.25) is 0 Å². The lowest BCUT2D eigenvalue weighted by Crippen LogP contribution is -2.27. The van der Waals surface area contributed by atoms with E-state index in [2.05, 4.69) is 10.1 Å². The fraction of sp³-hybridized carbons (Fsp3) is 0.0455. The van der Waals surface area contributed by atoms with Gasteiger partial charge in [0.15, 0.2) is 5.82 Å². The van der Waals surface area contributed by atoms with Crippen molar-refractivity contribution in [2.75, 3.05) is 11.9 Å². The number of nitrogens with zero attached hydrogens (tertiary/aromatic N) is 4. The fourth-order valence-electron chi connectivity index (χ4n) is 2.84. The molecule has 5 nitrogen and oxygen atoms in total. The van der Waals surface area contributed by atoms with Crippen molar-refractivity contribution >= 4 is 11.6 Å². The molecular weight excluding hydrogens is 336 g/mol. The molecule has 0 fully saturated rings. The van der Waals surface area contributed by atoms with Crippen LogP contribution in [0, 0.1) is 0 Å². The number of hydrogen-bond donors (Lipinski definition) is 0. The van der Waals surface area contributed by atoms with Gasteiger partial charge in [0.05, 0.1) is 5.69 Å². The third-order valence-corrected chi connectivity index (χ3v) is 4.28. The van der Waals surface area contributed by atoms with Crippen LogP contribution in [0.4, 0.5) is 5.69 Å². The van der Waals surface area contributed by atoms with Gasteiger partial charge in [0.2, 0.25) is 5.82 Å². The Morgan fingerprint density at radius 1 is 0.815 bits per heavy atom. The molecule has 132 valence electrons. The highest BCUT2D eigenvalue weighted by molar-refractivity contribution is 6.03. The van der Waals surface area contributed by atoms with Crippen LogP contribution in [0.1, 0.15) is 10.6 Å². The van der Waals surface area contributed by atoms with Crippen molar-refractivity contribution in [3.8, 4) is 17.1 Å². The Morgan fingerprint density at radius 3 is 2.00 bits per heavy atom. The zero-order chi connectivity index (χ0) is 18.6. The topological polar surface area (TPSA) is 51.0 Å². The summed E-state index contributed by atoms with van der Waals surface area (Å²) >= 11 is 0. The van der Waals surface area contributed by atoms with Gasteiger partial charge >= 0.3 is 0 Å². The predicted octanol–water partition coefficient (Wildman–Crippen LogP) is 4.21. The minimum atomic E-state index is -0.256. The summed E-state index contributed by atoms with van der Waals surface area (Å²) in [4.78, 5) is 19.1. The smallest absolute Gasteiger partial charge is 0.297 e.